The molecule has 4 rings (SSSR count). The Morgan fingerprint density at radius 1 is 1.19 bits per heavy atom. The second kappa shape index (κ2) is 7.08. The molecule has 0 atom stereocenters. The van der Waals surface area contributed by atoms with Gasteiger partial charge in [-0.05, 0) is 43.2 Å². The smallest absolute Gasteiger partial charge is 0.160 e. The first-order valence-corrected chi connectivity index (χ1v) is 9.35. The number of phenols is 1. The lowest BCUT2D eigenvalue weighted by molar-refractivity contribution is 0.373. The van der Waals surface area contributed by atoms with E-state index in [1.165, 1.54) is 26.4 Å². The van der Waals surface area contributed by atoms with Crippen molar-refractivity contribution in [3.05, 3.63) is 41.6 Å². The molecule has 1 fully saturated rings. The SMILES string of the molecule is COc1ccc(-c2nc3ccc(Cl)cn3c2NC2CCCCC2)cc1O. The summed E-state index contributed by atoms with van der Waals surface area (Å²) in [4.78, 5) is 4.78. The molecule has 1 saturated carbocycles. The number of halogens is 1. The van der Waals surface area contributed by atoms with Crippen LogP contribution in [0.2, 0.25) is 5.02 Å². The number of anilines is 1. The summed E-state index contributed by atoms with van der Waals surface area (Å²) in [6, 6.07) is 9.52. The van der Waals surface area contributed by atoms with Gasteiger partial charge in [0, 0.05) is 17.8 Å². The van der Waals surface area contributed by atoms with Gasteiger partial charge in [-0.15, -0.1) is 0 Å². The van der Waals surface area contributed by atoms with E-state index in [0.717, 1.165) is 35.6 Å². The molecule has 1 aliphatic carbocycles. The van der Waals surface area contributed by atoms with Crippen molar-refractivity contribution in [2.24, 2.45) is 0 Å². The summed E-state index contributed by atoms with van der Waals surface area (Å²) in [7, 11) is 1.54. The molecule has 136 valence electrons. The lowest BCUT2D eigenvalue weighted by atomic mass is 9.95. The van der Waals surface area contributed by atoms with Gasteiger partial charge in [-0.2, -0.15) is 0 Å². The van der Waals surface area contributed by atoms with Crippen molar-refractivity contribution in [3.8, 4) is 22.8 Å². The van der Waals surface area contributed by atoms with Gasteiger partial charge in [-0.1, -0.05) is 30.9 Å². The molecule has 0 aliphatic heterocycles. The number of aromatic hydroxyl groups is 1. The average molecular weight is 372 g/mol. The maximum Gasteiger partial charge on any atom is 0.160 e. The van der Waals surface area contributed by atoms with E-state index >= 15 is 0 Å². The van der Waals surface area contributed by atoms with Crippen LogP contribution in [0.25, 0.3) is 16.9 Å². The van der Waals surface area contributed by atoms with Gasteiger partial charge >= 0.3 is 0 Å². The molecule has 0 spiro atoms. The number of hydrogen-bond acceptors (Lipinski definition) is 4. The van der Waals surface area contributed by atoms with Crippen molar-refractivity contribution in [2.75, 3.05) is 12.4 Å². The zero-order valence-electron chi connectivity index (χ0n) is 14.7. The van der Waals surface area contributed by atoms with Crippen molar-refractivity contribution in [3.63, 3.8) is 0 Å². The number of fused-ring (bicyclic) bond motifs is 1. The Labute approximate surface area is 157 Å². The highest BCUT2D eigenvalue weighted by Gasteiger charge is 2.20. The van der Waals surface area contributed by atoms with Gasteiger partial charge in [0.15, 0.2) is 11.5 Å². The molecule has 26 heavy (non-hydrogen) atoms. The summed E-state index contributed by atoms with van der Waals surface area (Å²) in [6.45, 7) is 0. The van der Waals surface area contributed by atoms with Crippen LogP contribution >= 0.6 is 11.6 Å². The van der Waals surface area contributed by atoms with Crippen LogP contribution in [0.4, 0.5) is 5.82 Å². The first-order chi connectivity index (χ1) is 12.7. The zero-order valence-corrected chi connectivity index (χ0v) is 15.5. The third-order valence-corrected chi connectivity index (χ3v) is 5.20. The van der Waals surface area contributed by atoms with Gasteiger partial charge in [0.2, 0.25) is 0 Å². The van der Waals surface area contributed by atoms with E-state index in [1.807, 2.05) is 28.8 Å². The maximum atomic E-state index is 10.2. The summed E-state index contributed by atoms with van der Waals surface area (Å²) in [5.74, 6) is 1.46. The Bertz CT molecular complexity index is 932. The number of aromatic nitrogens is 2. The molecule has 2 aromatic heterocycles. The van der Waals surface area contributed by atoms with E-state index in [2.05, 4.69) is 5.32 Å². The first kappa shape index (κ1) is 17.0. The number of phenolic OH excluding ortho intramolecular Hbond substituents is 1. The van der Waals surface area contributed by atoms with E-state index in [1.54, 1.807) is 12.1 Å². The van der Waals surface area contributed by atoms with Gasteiger partial charge in [0.25, 0.3) is 0 Å². The molecule has 2 N–H and O–H groups in total. The second-order valence-electron chi connectivity index (χ2n) is 6.75. The van der Waals surface area contributed by atoms with Crippen LogP contribution in [0, 0.1) is 0 Å². The van der Waals surface area contributed by atoms with Crippen molar-refractivity contribution in [1.29, 1.82) is 0 Å². The fourth-order valence-corrected chi connectivity index (χ4v) is 3.80. The van der Waals surface area contributed by atoms with E-state index in [4.69, 9.17) is 21.3 Å². The zero-order chi connectivity index (χ0) is 18.1. The van der Waals surface area contributed by atoms with Crippen molar-refractivity contribution in [1.82, 2.24) is 9.38 Å². The molecule has 0 radical (unpaired) electrons. The molecule has 1 aromatic carbocycles. The Hall–Kier alpha value is -2.40. The number of imidazole rings is 1. The van der Waals surface area contributed by atoms with Gasteiger partial charge < -0.3 is 15.2 Å². The van der Waals surface area contributed by atoms with Gasteiger partial charge in [0.05, 0.1) is 12.1 Å². The first-order valence-electron chi connectivity index (χ1n) is 8.97. The Balaban J connectivity index is 1.82. The lowest BCUT2D eigenvalue weighted by Gasteiger charge is -2.24. The third-order valence-electron chi connectivity index (χ3n) is 4.98. The standard InChI is InChI=1S/C20H22ClN3O2/c1-26-17-9-7-13(11-16(17)25)19-20(22-15-5-3-2-4-6-15)24-12-14(21)8-10-18(24)23-19/h7-12,15,22,25H,2-6H2,1H3. The summed E-state index contributed by atoms with van der Waals surface area (Å²) in [5.41, 5.74) is 2.45. The van der Waals surface area contributed by atoms with E-state index in [9.17, 15) is 5.11 Å². The van der Waals surface area contributed by atoms with Crippen molar-refractivity contribution < 1.29 is 9.84 Å². The Kier molecular flexibility index (Phi) is 4.64. The second-order valence-corrected chi connectivity index (χ2v) is 7.19. The molecular weight excluding hydrogens is 350 g/mol. The fourth-order valence-electron chi connectivity index (χ4n) is 3.64. The van der Waals surface area contributed by atoms with E-state index < -0.39 is 0 Å². The molecule has 0 bridgehead atoms. The maximum absolute atomic E-state index is 10.2. The predicted molar refractivity (Wildman–Crippen MR) is 104 cm³/mol. The van der Waals surface area contributed by atoms with Crippen LogP contribution in [-0.2, 0) is 0 Å². The van der Waals surface area contributed by atoms with Crippen LogP contribution < -0.4 is 10.1 Å². The number of nitrogens with zero attached hydrogens (tertiary/aromatic N) is 2. The number of ether oxygens (including phenoxy) is 1. The average Bonchev–Trinajstić information content (AvgIpc) is 3.00. The summed E-state index contributed by atoms with van der Waals surface area (Å²) in [6.07, 6.45) is 7.97. The third kappa shape index (κ3) is 3.19. The molecule has 1 aliphatic rings. The number of rotatable bonds is 4. The number of nitrogens with one attached hydrogen (secondary N) is 1. The molecule has 0 saturated heterocycles. The minimum absolute atomic E-state index is 0.101. The van der Waals surface area contributed by atoms with Crippen LogP contribution in [-0.4, -0.2) is 27.6 Å². The normalized spacial score (nSPS) is 15.3. The molecular formula is C20H22ClN3O2. The highest BCUT2D eigenvalue weighted by molar-refractivity contribution is 6.30. The molecule has 0 amide bonds. The lowest BCUT2D eigenvalue weighted by Crippen LogP contribution is -2.23. The molecule has 0 unspecified atom stereocenters. The van der Waals surface area contributed by atoms with Crippen LogP contribution in [0.3, 0.4) is 0 Å². The largest absolute Gasteiger partial charge is 0.504 e. The van der Waals surface area contributed by atoms with Crippen LogP contribution in [0.1, 0.15) is 32.1 Å². The molecule has 5 nitrogen and oxygen atoms in total. The quantitative estimate of drug-likeness (QED) is 0.668. The van der Waals surface area contributed by atoms with Crippen LogP contribution in [0.15, 0.2) is 36.5 Å². The molecule has 2 heterocycles. The molecule has 6 heteroatoms. The van der Waals surface area contributed by atoms with Crippen molar-refractivity contribution in [2.45, 2.75) is 38.1 Å². The predicted octanol–water partition coefficient (Wildman–Crippen LogP) is 5.11. The van der Waals surface area contributed by atoms with E-state index in [0.29, 0.717) is 16.8 Å². The van der Waals surface area contributed by atoms with Gasteiger partial charge in [0.1, 0.15) is 17.2 Å². The summed E-state index contributed by atoms with van der Waals surface area (Å²) >= 11 is 6.22. The topological polar surface area (TPSA) is 58.8 Å². The van der Waals surface area contributed by atoms with Gasteiger partial charge in [-0.25, -0.2) is 4.98 Å². The molecule has 3 aromatic rings. The van der Waals surface area contributed by atoms with Crippen LogP contribution in [0.5, 0.6) is 11.5 Å². The minimum atomic E-state index is 0.101. The number of hydrogen-bond donors (Lipinski definition) is 2. The fraction of sp³-hybridized carbons (Fsp3) is 0.350. The minimum Gasteiger partial charge on any atom is -0.504 e. The van der Waals surface area contributed by atoms with E-state index in [-0.39, 0.29) is 5.75 Å². The monoisotopic (exact) mass is 371 g/mol. The highest BCUT2D eigenvalue weighted by atomic mass is 35.5. The van der Waals surface area contributed by atoms with Crippen molar-refractivity contribution >= 4 is 23.1 Å². The number of methoxy groups -OCH3 is 1. The van der Waals surface area contributed by atoms with Gasteiger partial charge in [-0.3, -0.25) is 4.40 Å². The number of benzene rings is 1. The summed E-state index contributed by atoms with van der Waals surface area (Å²) in [5, 5.41) is 14.5. The highest BCUT2D eigenvalue weighted by Crippen LogP contribution is 2.36. The summed E-state index contributed by atoms with van der Waals surface area (Å²) < 4.78 is 7.15. The Morgan fingerprint density at radius 2 is 2.00 bits per heavy atom. The number of pyridine rings is 1. The Morgan fingerprint density at radius 3 is 2.73 bits per heavy atom.